The van der Waals surface area contributed by atoms with Crippen molar-refractivity contribution in [3.63, 3.8) is 0 Å². The molecule has 0 atom stereocenters. The molecule has 3 heteroatoms. The maximum Gasteiger partial charge on any atom is 0.0558 e. The zero-order chi connectivity index (χ0) is 13.4. The molecule has 0 amide bonds. The van der Waals surface area contributed by atoms with E-state index in [0.717, 1.165) is 38.8 Å². The van der Waals surface area contributed by atoms with Crippen molar-refractivity contribution in [3.05, 3.63) is 0 Å². The molecule has 0 radical (unpaired) electrons. The Morgan fingerprint density at radius 2 is 1.67 bits per heavy atom. The second-order valence-corrected chi connectivity index (χ2v) is 5.88. The van der Waals surface area contributed by atoms with Crippen molar-refractivity contribution in [1.29, 1.82) is 0 Å². The first kappa shape index (κ1) is 15.9. The van der Waals surface area contributed by atoms with Gasteiger partial charge in [-0.3, -0.25) is 4.90 Å². The van der Waals surface area contributed by atoms with Gasteiger partial charge in [0.25, 0.3) is 0 Å². The maximum absolute atomic E-state index is 9.80. The van der Waals surface area contributed by atoms with Crippen LogP contribution in [-0.4, -0.2) is 47.5 Å². The predicted octanol–water partition coefficient (Wildman–Crippen LogP) is 2.41. The summed E-state index contributed by atoms with van der Waals surface area (Å²) < 4.78 is 0. The average Bonchev–Trinajstić information content (AvgIpc) is 2.41. The minimum absolute atomic E-state index is 0.0933. The molecule has 0 bridgehead atoms. The first-order valence-electron chi connectivity index (χ1n) is 7.67. The van der Waals surface area contributed by atoms with Gasteiger partial charge in [0.15, 0.2) is 0 Å². The Bertz CT molecular complexity index is 211. The summed E-state index contributed by atoms with van der Waals surface area (Å²) in [5.74, 6) is 0. The van der Waals surface area contributed by atoms with E-state index in [4.69, 9.17) is 0 Å². The predicted molar refractivity (Wildman–Crippen MR) is 75.6 cm³/mol. The van der Waals surface area contributed by atoms with Gasteiger partial charge in [0.05, 0.1) is 6.61 Å². The molecule has 108 valence electrons. The molecule has 1 saturated carbocycles. The highest BCUT2D eigenvalue weighted by atomic mass is 16.3. The van der Waals surface area contributed by atoms with E-state index in [1.807, 2.05) is 0 Å². The van der Waals surface area contributed by atoms with Gasteiger partial charge in [0.1, 0.15) is 0 Å². The van der Waals surface area contributed by atoms with Gasteiger partial charge < -0.3 is 10.2 Å². The fourth-order valence-electron chi connectivity index (χ4n) is 3.42. The molecule has 0 saturated heterocycles. The lowest BCUT2D eigenvalue weighted by molar-refractivity contribution is 0.0168. The zero-order valence-corrected chi connectivity index (χ0v) is 12.2. The van der Waals surface area contributed by atoms with E-state index in [1.165, 1.54) is 19.3 Å². The van der Waals surface area contributed by atoms with Crippen LogP contribution in [0.3, 0.4) is 0 Å². The van der Waals surface area contributed by atoms with E-state index in [-0.39, 0.29) is 12.0 Å². The highest BCUT2D eigenvalue weighted by molar-refractivity contribution is 4.87. The number of aliphatic hydroxyl groups is 2. The molecule has 0 unspecified atom stereocenters. The Morgan fingerprint density at radius 1 is 1.06 bits per heavy atom. The van der Waals surface area contributed by atoms with Crippen molar-refractivity contribution in [2.75, 3.05) is 26.3 Å². The molecular formula is C15H31NO2. The normalized spacial score (nSPS) is 19.7. The summed E-state index contributed by atoms with van der Waals surface area (Å²) >= 11 is 0. The van der Waals surface area contributed by atoms with Gasteiger partial charge in [-0.15, -0.1) is 0 Å². The number of rotatable bonds is 8. The highest BCUT2D eigenvalue weighted by Crippen LogP contribution is 2.37. The second-order valence-electron chi connectivity index (χ2n) is 5.88. The van der Waals surface area contributed by atoms with Crippen LogP contribution < -0.4 is 0 Å². The summed E-state index contributed by atoms with van der Waals surface area (Å²) in [6, 6.07) is 0.544. The molecule has 0 aliphatic heterocycles. The molecule has 0 aromatic heterocycles. The van der Waals surface area contributed by atoms with Crippen LogP contribution in [0.2, 0.25) is 0 Å². The Labute approximate surface area is 112 Å². The largest absolute Gasteiger partial charge is 0.396 e. The van der Waals surface area contributed by atoms with Gasteiger partial charge in [-0.1, -0.05) is 33.1 Å². The number of nitrogens with zero attached hydrogens (tertiary/aromatic N) is 1. The Hall–Kier alpha value is -0.120. The summed E-state index contributed by atoms with van der Waals surface area (Å²) in [7, 11) is 0. The third kappa shape index (κ3) is 4.22. The zero-order valence-electron chi connectivity index (χ0n) is 12.2. The Balaban J connectivity index is 2.66. The lowest BCUT2D eigenvalue weighted by atomic mass is 9.74. The average molecular weight is 257 g/mol. The molecule has 1 fully saturated rings. The fourth-order valence-corrected chi connectivity index (χ4v) is 3.42. The van der Waals surface area contributed by atoms with Crippen LogP contribution in [0.25, 0.3) is 0 Å². The summed E-state index contributed by atoms with van der Waals surface area (Å²) in [6.45, 7) is 6.65. The first-order chi connectivity index (χ1) is 8.71. The van der Waals surface area contributed by atoms with Crippen molar-refractivity contribution in [2.24, 2.45) is 5.41 Å². The number of aliphatic hydroxyl groups excluding tert-OH is 2. The summed E-state index contributed by atoms with van der Waals surface area (Å²) in [5.41, 5.74) is 0.0933. The molecule has 1 aliphatic carbocycles. The van der Waals surface area contributed by atoms with Crippen molar-refractivity contribution in [1.82, 2.24) is 4.90 Å². The van der Waals surface area contributed by atoms with Crippen LogP contribution in [-0.2, 0) is 0 Å². The molecular weight excluding hydrogens is 226 g/mol. The smallest absolute Gasteiger partial charge is 0.0558 e. The monoisotopic (exact) mass is 257 g/mol. The summed E-state index contributed by atoms with van der Waals surface area (Å²) in [4.78, 5) is 2.40. The van der Waals surface area contributed by atoms with Crippen LogP contribution in [0.1, 0.15) is 58.8 Å². The topological polar surface area (TPSA) is 43.7 Å². The first-order valence-corrected chi connectivity index (χ1v) is 7.67. The van der Waals surface area contributed by atoms with E-state index < -0.39 is 0 Å². The van der Waals surface area contributed by atoms with Gasteiger partial charge in [-0.2, -0.15) is 0 Å². The van der Waals surface area contributed by atoms with Gasteiger partial charge >= 0.3 is 0 Å². The van der Waals surface area contributed by atoms with Crippen molar-refractivity contribution in [3.8, 4) is 0 Å². The van der Waals surface area contributed by atoms with E-state index in [2.05, 4.69) is 18.7 Å². The second kappa shape index (κ2) is 8.13. The minimum Gasteiger partial charge on any atom is -0.396 e. The van der Waals surface area contributed by atoms with Crippen LogP contribution in [0.15, 0.2) is 0 Å². The molecule has 0 aromatic carbocycles. The van der Waals surface area contributed by atoms with Crippen LogP contribution >= 0.6 is 0 Å². The Morgan fingerprint density at radius 3 is 2.11 bits per heavy atom. The lowest BCUT2D eigenvalue weighted by Crippen LogP contribution is -2.47. The van der Waals surface area contributed by atoms with Gasteiger partial charge in [-0.25, -0.2) is 0 Å². The van der Waals surface area contributed by atoms with E-state index in [0.29, 0.717) is 12.6 Å². The molecule has 0 spiro atoms. The lowest BCUT2D eigenvalue weighted by Gasteiger charge is -2.42. The SMILES string of the molecule is CCC(CC)N(CCO)CC1(CO)CCCCC1. The summed E-state index contributed by atoms with van der Waals surface area (Å²) in [6.07, 6.45) is 8.34. The quantitative estimate of drug-likeness (QED) is 0.702. The molecule has 1 rings (SSSR count). The molecule has 2 N–H and O–H groups in total. The van der Waals surface area contributed by atoms with Crippen LogP contribution in [0.4, 0.5) is 0 Å². The third-order valence-corrected chi connectivity index (χ3v) is 4.63. The Kier molecular flexibility index (Phi) is 7.20. The highest BCUT2D eigenvalue weighted by Gasteiger charge is 2.34. The molecule has 0 heterocycles. The molecule has 18 heavy (non-hydrogen) atoms. The fraction of sp³-hybridized carbons (Fsp3) is 1.00. The van der Waals surface area contributed by atoms with Crippen molar-refractivity contribution in [2.45, 2.75) is 64.8 Å². The van der Waals surface area contributed by atoms with Crippen molar-refractivity contribution < 1.29 is 10.2 Å². The molecule has 3 nitrogen and oxygen atoms in total. The standard InChI is InChI=1S/C15H31NO2/c1-3-14(4-2)16(10-11-17)12-15(13-18)8-6-5-7-9-15/h14,17-18H,3-13H2,1-2H3. The number of hydrogen-bond donors (Lipinski definition) is 2. The van der Waals surface area contributed by atoms with E-state index >= 15 is 0 Å². The van der Waals surface area contributed by atoms with Gasteiger partial charge in [-0.05, 0) is 25.7 Å². The van der Waals surface area contributed by atoms with Crippen LogP contribution in [0.5, 0.6) is 0 Å². The van der Waals surface area contributed by atoms with Crippen LogP contribution in [0, 0.1) is 5.41 Å². The molecule has 0 aromatic rings. The molecule has 1 aliphatic rings. The third-order valence-electron chi connectivity index (χ3n) is 4.63. The van der Waals surface area contributed by atoms with Crippen molar-refractivity contribution >= 4 is 0 Å². The summed E-state index contributed by atoms with van der Waals surface area (Å²) in [5, 5.41) is 19.1. The van der Waals surface area contributed by atoms with Gasteiger partial charge in [0, 0.05) is 31.2 Å². The minimum atomic E-state index is 0.0933. The van der Waals surface area contributed by atoms with E-state index in [1.54, 1.807) is 0 Å². The maximum atomic E-state index is 9.80. The number of hydrogen-bond acceptors (Lipinski definition) is 3. The van der Waals surface area contributed by atoms with E-state index in [9.17, 15) is 10.2 Å². The van der Waals surface area contributed by atoms with Gasteiger partial charge in [0.2, 0.25) is 0 Å².